The summed E-state index contributed by atoms with van der Waals surface area (Å²) in [5.74, 6) is -1.17. The van der Waals surface area contributed by atoms with Crippen LogP contribution in [0.4, 0.5) is 0 Å². The first-order chi connectivity index (χ1) is 8.14. The third-order valence-electron chi connectivity index (χ3n) is 3.70. The summed E-state index contributed by atoms with van der Waals surface area (Å²) in [7, 11) is 0. The molecule has 0 spiro atoms. The summed E-state index contributed by atoms with van der Waals surface area (Å²) in [6, 6.07) is 0. The number of hydrogen-bond acceptors (Lipinski definition) is 3. The smallest absolute Gasteiger partial charge is 0.329 e. The van der Waals surface area contributed by atoms with E-state index in [0.29, 0.717) is 25.9 Å². The number of carbonyl (C=O) groups excluding carboxylic acids is 1. The van der Waals surface area contributed by atoms with Gasteiger partial charge in [0.05, 0.1) is 0 Å². The van der Waals surface area contributed by atoms with Gasteiger partial charge in [0.1, 0.15) is 11.6 Å². The number of ether oxygens (including phenoxy) is 1. The average molecular weight is 241 g/mol. The zero-order valence-corrected chi connectivity index (χ0v) is 9.91. The van der Waals surface area contributed by atoms with Crippen molar-refractivity contribution in [2.45, 2.75) is 56.6 Å². The van der Waals surface area contributed by atoms with E-state index in [0.717, 1.165) is 25.7 Å². The summed E-state index contributed by atoms with van der Waals surface area (Å²) in [4.78, 5) is 23.3. The molecule has 0 unspecified atom stereocenters. The number of carboxylic acids is 1. The fourth-order valence-electron chi connectivity index (χ4n) is 2.63. The van der Waals surface area contributed by atoms with Crippen molar-refractivity contribution in [1.29, 1.82) is 0 Å². The minimum Gasteiger partial charge on any atom is -0.480 e. The molecule has 2 aliphatic rings. The van der Waals surface area contributed by atoms with Crippen molar-refractivity contribution < 1.29 is 19.4 Å². The molecule has 17 heavy (non-hydrogen) atoms. The van der Waals surface area contributed by atoms with E-state index in [4.69, 9.17) is 4.74 Å². The molecule has 2 fully saturated rings. The van der Waals surface area contributed by atoms with Crippen LogP contribution >= 0.6 is 0 Å². The van der Waals surface area contributed by atoms with Crippen LogP contribution in [-0.4, -0.2) is 35.2 Å². The van der Waals surface area contributed by atoms with Crippen molar-refractivity contribution in [3.8, 4) is 0 Å². The van der Waals surface area contributed by atoms with Gasteiger partial charge >= 0.3 is 5.97 Å². The summed E-state index contributed by atoms with van der Waals surface area (Å²) >= 11 is 0. The van der Waals surface area contributed by atoms with Gasteiger partial charge in [-0.15, -0.1) is 0 Å². The van der Waals surface area contributed by atoms with Crippen LogP contribution in [0.25, 0.3) is 0 Å². The first-order valence-corrected chi connectivity index (χ1v) is 6.31. The molecule has 1 heterocycles. The largest absolute Gasteiger partial charge is 0.480 e. The predicted octanol–water partition coefficient (Wildman–Crippen LogP) is 1.07. The normalized spacial score (nSPS) is 27.6. The third-order valence-corrected chi connectivity index (χ3v) is 3.70. The zero-order chi connectivity index (χ0) is 12.3. The highest BCUT2D eigenvalue weighted by atomic mass is 16.5. The molecule has 2 N–H and O–H groups in total. The topological polar surface area (TPSA) is 75.6 Å². The average Bonchev–Trinajstić information content (AvgIpc) is 2.80. The maximum absolute atomic E-state index is 12.0. The Morgan fingerprint density at radius 3 is 2.41 bits per heavy atom. The fourth-order valence-corrected chi connectivity index (χ4v) is 2.63. The fraction of sp³-hybridized carbons (Fsp3) is 0.833. The van der Waals surface area contributed by atoms with E-state index in [1.807, 2.05) is 0 Å². The second kappa shape index (κ2) is 5.04. The number of nitrogens with one attached hydrogen (secondary N) is 1. The molecule has 0 radical (unpaired) electrons. The second-order valence-electron chi connectivity index (χ2n) is 4.94. The molecule has 1 saturated carbocycles. The number of aliphatic carboxylic acids is 1. The van der Waals surface area contributed by atoms with Gasteiger partial charge in [0, 0.05) is 6.61 Å². The molecule has 1 atom stereocenters. The van der Waals surface area contributed by atoms with E-state index in [9.17, 15) is 14.7 Å². The lowest BCUT2D eigenvalue weighted by molar-refractivity contribution is -0.150. The molecule has 1 saturated heterocycles. The second-order valence-corrected chi connectivity index (χ2v) is 4.94. The zero-order valence-electron chi connectivity index (χ0n) is 9.91. The lowest BCUT2D eigenvalue weighted by Crippen LogP contribution is -2.55. The molecule has 0 bridgehead atoms. The summed E-state index contributed by atoms with van der Waals surface area (Å²) in [5.41, 5.74) is -1.04. The standard InChI is InChI=1S/C12H19NO4/c14-10(9-5-1-4-8-17-9)13-12(11(15)16)6-2-3-7-12/h9H,1-8H2,(H,13,14)(H,15,16)/t9-/m0/s1. The van der Waals surface area contributed by atoms with Gasteiger partial charge in [-0.05, 0) is 32.1 Å². The van der Waals surface area contributed by atoms with Crippen molar-refractivity contribution in [3.63, 3.8) is 0 Å². The highest BCUT2D eigenvalue weighted by molar-refractivity contribution is 5.89. The number of rotatable bonds is 3. The van der Waals surface area contributed by atoms with Gasteiger partial charge in [-0.3, -0.25) is 4.79 Å². The summed E-state index contributed by atoms with van der Waals surface area (Å²) in [5, 5.41) is 12.0. The Labute approximate surface area is 101 Å². The lowest BCUT2D eigenvalue weighted by atomic mass is 9.96. The van der Waals surface area contributed by atoms with E-state index in [-0.39, 0.29) is 5.91 Å². The van der Waals surface area contributed by atoms with Crippen molar-refractivity contribution in [2.24, 2.45) is 0 Å². The van der Waals surface area contributed by atoms with E-state index >= 15 is 0 Å². The molecule has 96 valence electrons. The Balaban J connectivity index is 1.98. The van der Waals surface area contributed by atoms with Crippen LogP contribution in [0.3, 0.4) is 0 Å². The summed E-state index contributed by atoms with van der Waals surface area (Å²) in [6.45, 7) is 0.595. The van der Waals surface area contributed by atoms with E-state index in [2.05, 4.69) is 5.32 Å². The van der Waals surface area contributed by atoms with Crippen molar-refractivity contribution in [1.82, 2.24) is 5.32 Å². The first-order valence-electron chi connectivity index (χ1n) is 6.31. The number of carboxylic acid groups (broad SMARTS) is 1. The van der Waals surface area contributed by atoms with Gasteiger partial charge in [-0.1, -0.05) is 12.8 Å². The number of carbonyl (C=O) groups is 2. The van der Waals surface area contributed by atoms with Crippen LogP contribution in [-0.2, 0) is 14.3 Å². The molecule has 0 aromatic heterocycles. The molecular weight excluding hydrogens is 222 g/mol. The van der Waals surface area contributed by atoms with Gasteiger partial charge < -0.3 is 15.2 Å². The Kier molecular flexibility index (Phi) is 3.66. The minimum atomic E-state index is -1.04. The third kappa shape index (κ3) is 2.60. The predicted molar refractivity (Wildman–Crippen MR) is 60.6 cm³/mol. The SMILES string of the molecule is O=C(NC1(C(=O)O)CCCC1)[C@@H]1CCCCO1. The highest BCUT2D eigenvalue weighted by Gasteiger charge is 2.43. The van der Waals surface area contributed by atoms with Gasteiger partial charge in [-0.2, -0.15) is 0 Å². The molecule has 1 amide bonds. The van der Waals surface area contributed by atoms with Gasteiger partial charge in [0.2, 0.25) is 5.91 Å². The van der Waals surface area contributed by atoms with E-state index in [1.165, 1.54) is 0 Å². The molecule has 1 aliphatic heterocycles. The monoisotopic (exact) mass is 241 g/mol. The van der Waals surface area contributed by atoms with Crippen LogP contribution in [0, 0.1) is 0 Å². The number of hydrogen-bond donors (Lipinski definition) is 2. The van der Waals surface area contributed by atoms with E-state index < -0.39 is 17.6 Å². The molecule has 5 nitrogen and oxygen atoms in total. The van der Waals surface area contributed by atoms with Gasteiger partial charge in [0.15, 0.2) is 0 Å². The summed E-state index contributed by atoms with van der Waals surface area (Å²) in [6.07, 6.45) is 4.96. The van der Waals surface area contributed by atoms with Crippen molar-refractivity contribution in [3.05, 3.63) is 0 Å². The minimum absolute atomic E-state index is 0.256. The Morgan fingerprint density at radius 1 is 1.18 bits per heavy atom. The maximum Gasteiger partial charge on any atom is 0.329 e. The van der Waals surface area contributed by atoms with E-state index in [1.54, 1.807) is 0 Å². The van der Waals surface area contributed by atoms with Crippen LogP contribution in [0.1, 0.15) is 44.9 Å². The Bertz CT molecular complexity index is 304. The quantitative estimate of drug-likeness (QED) is 0.775. The molecular formula is C12H19NO4. The molecule has 0 aromatic rings. The van der Waals surface area contributed by atoms with Crippen LogP contribution < -0.4 is 5.32 Å². The van der Waals surface area contributed by atoms with Gasteiger partial charge in [-0.25, -0.2) is 4.79 Å². The molecule has 1 aliphatic carbocycles. The maximum atomic E-state index is 12.0. The van der Waals surface area contributed by atoms with Crippen molar-refractivity contribution >= 4 is 11.9 Å². The molecule has 2 rings (SSSR count). The van der Waals surface area contributed by atoms with Crippen LogP contribution in [0.15, 0.2) is 0 Å². The van der Waals surface area contributed by atoms with Crippen LogP contribution in [0.2, 0.25) is 0 Å². The molecule has 5 heteroatoms. The van der Waals surface area contributed by atoms with Gasteiger partial charge in [0.25, 0.3) is 0 Å². The first kappa shape index (κ1) is 12.4. The Morgan fingerprint density at radius 2 is 1.88 bits per heavy atom. The molecule has 0 aromatic carbocycles. The van der Waals surface area contributed by atoms with Crippen molar-refractivity contribution in [2.75, 3.05) is 6.61 Å². The van der Waals surface area contributed by atoms with Crippen LogP contribution in [0.5, 0.6) is 0 Å². The lowest BCUT2D eigenvalue weighted by Gasteiger charge is -2.29. The highest BCUT2D eigenvalue weighted by Crippen LogP contribution is 2.30. The Hall–Kier alpha value is -1.10. The summed E-state index contributed by atoms with van der Waals surface area (Å²) < 4.78 is 5.37. The number of amides is 1.